The van der Waals surface area contributed by atoms with Crippen molar-refractivity contribution >= 4 is 11.7 Å². The van der Waals surface area contributed by atoms with Crippen molar-refractivity contribution in [3.8, 4) is 0 Å². The van der Waals surface area contributed by atoms with E-state index in [2.05, 4.69) is 31.0 Å². The largest absolute Gasteiger partial charge is 0.289 e. The second kappa shape index (κ2) is 8.47. The molecule has 2 atom stereocenters. The Labute approximate surface area is 139 Å². The third kappa shape index (κ3) is 4.41. The fraction of sp³-hybridized carbons (Fsp3) is 0.400. The van der Waals surface area contributed by atoms with E-state index in [1.54, 1.807) is 6.20 Å². The van der Waals surface area contributed by atoms with Crippen LogP contribution in [0.1, 0.15) is 51.6 Å². The molecule has 0 aliphatic rings. The van der Waals surface area contributed by atoms with Gasteiger partial charge in [0.1, 0.15) is 5.82 Å². The van der Waals surface area contributed by atoms with Crippen LogP contribution in [0.15, 0.2) is 54.7 Å². The van der Waals surface area contributed by atoms with Crippen LogP contribution in [0.25, 0.3) is 0 Å². The molecule has 0 aliphatic heterocycles. The molecule has 2 rings (SSSR count). The summed E-state index contributed by atoms with van der Waals surface area (Å²) in [4.78, 5) is 19.3. The first kappa shape index (κ1) is 17.2. The Morgan fingerprint density at radius 3 is 2.39 bits per heavy atom. The number of nitrogens with zero attached hydrogens (tertiary/aromatic N) is 2. The number of carbonyl (C=O) groups is 1. The van der Waals surface area contributed by atoms with Gasteiger partial charge in [0.2, 0.25) is 5.91 Å². The summed E-state index contributed by atoms with van der Waals surface area (Å²) in [5.74, 6) is 0.869. The number of hydrogen-bond donors (Lipinski definition) is 0. The molecular weight excluding hydrogens is 284 g/mol. The number of aromatic nitrogens is 1. The standard InChI is InChI=1S/C20H26N2O/c1-4-5-11-16(2)20(23)22(19-14-9-10-15-21-19)17(3)18-12-7-6-8-13-18/h6-10,12-17H,4-5,11H2,1-3H3. The molecule has 3 nitrogen and oxygen atoms in total. The number of amides is 1. The molecular formula is C20H26N2O. The Balaban J connectivity index is 2.31. The van der Waals surface area contributed by atoms with Crippen molar-refractivity contribution in [2.75, 3.05) is 4.90 Å². The first-order chi connectivity index (χ1) is 11.1. The highest BCUT2D eigenvalue weighted by atomic mass is 16.2. The molecule has 0 bridgehead atoms. The van der Waals surface area contributed by atoms with Crippen molar-refractivity contribution in [3.63, 3.8) is 0 Å². The summed E-state index contributed by atoms with van der Waals surface area (Å²) in [6.45, 7) is 6.24. The van der Waals surface area contributed by atoms with Crippen molar-refractivity contribution in [3.05, 3.63) is 60.3 Å². The fourth-order valence-electron chi connectivity index (χ4n) is 2.75. The zero-order chi connectivity index (χ0) is 16.7. The Morgan fingerprint density at radius 2 is 1.78 bits per heavy atom. The highest BCUT2D eigenvalue weighted by Gasteiger charge is 2.27. The van der Waals surface area contributed by atoms with Crippen molar-refractivity contribution in [1.29, 1.82) is 0 Å². The van der Waals surface area contributed by atoms with Crippen LogP contribution < -0.4 is 4.90 Å². The molecule has 0 saturated heterocycles. The van der Waals surface area contributed by atoms with Gasteiger partial charge in [0.05, 0.1) is 6.04 Å². The van der Waals surface area contributed by atoms with E-state index < -0.39 is 0 Å². The van der Waals surface area contributed by atoms with Crippen LogP contribution in [0.5, 0.6) is 0 Å². The summed E-state index contributed by atoms with van der Waals surface area (Å²) in [6.07, 6.45) is 4.84. The predicted octanol–water partition coefficient (Wildman–Crippen LogP) is 5.00. The lowest BCUT2D eigenvalue weighted by Gasteiger charge is -2.31. The third-order valence-electron chi connectivity index (χ3n) is 4.22. The topological polar surface area (TPSA) is 33.2 Å². The van der Waals surface area contributed by atoms with E-state index in [9.17, 15) is 4.79 Å². The molecule has 2 unspecified atom stereocenters. The highest BCUT2D eigenvalue weighted by molar-refractivity contribution is 5.94. The lowest BCUT2D eigenvalue weighted by atomic mass is 10.00. The first-order valence-electron chi connectivity index (χ1n) is 8.44. The van der Waals surface area contributed by atoms with E-state index in [-0.39, 0.29) is 17.9 Å². The summed E-state index contributed by atoms with van der Waals surface area (Å²) in [5, 5.41) is 0. The second-order valence-electron chi connectivity index (χ2n) is 6.03. The van der Waals surface area contributed by atoms with Gasteiger partial charge in [0, 0.05) is 12.1 Å². The maximum Gasteiger partial charge on any atom is 0.231 e. The van der Waals surface area contributed by atoms with Gasteiger partial charge in [-0.3, -0.25) is 9.69 Å². The Hall–Kier alpha value is -2.16. The fourth-order valence-corrected chi connectivity index (χ4v) is 2.75. The van der Waals surface area contributed by atoms with E-state index in [0.717, 1.165) is 30.6 Å². The van der Waals surface area contributed by atoms with Crippen LogP contribution >= 0.6 is 0 Å². The van der Waals surface area contributed by atoms with Gasteiger partial charge in [-0.25, -0.2) is 4.98 Å². The number of pyridine rings is 1. The Morgan fingerprint density at radius 1 is 1.09 bits per heavy atom. The summed E-state index contributed by atoms with van der Waals surface area (Å²) in [7, 11) is 0. The number of carbonyl (C=O) groups excluding carboxylic acids is 1. The number of rotatable bonds is 7. The number of unbranched alkanes of at least 4 members (excludes halogenated alkanes) is 1. The third-order valence-corrected chi connectivity index (χ3v) is 4.22. The lowest BCUT2D eigenvalue weighted by molar-refractivity contribution is -0.122. The molecule has 0 radical (unpaired) electrons. The van der Waals surface area contributed by atoms with Crippen molar-refractivity contribution in [2.45, 2.75) is 46.1 Å². The smallest absolute Gasteiger partial charge is 0.231 e. The van der Waals surface area contributed by atoms with Gasteiger partial charge < -0.3 is 0 Å². The van der Waals surface area contributed by atoms with Crippen LogP contribution in [-0.2, 0) is 4.79 Å². The van der Waals surface area contributed by atoms with Gasteiger partial charge >= 0.3 is 0 Å². The molecule has 1 aromatic heterocycles. The quantitative estimate of drug-likeness (QED) is 0.721. The summed E-state index contributed by atoms with van der Waals surface area (Å²) in [5.41, 5.74) is 1.12. The average Bonchev–Trinajstić information content (AvgIpc) is 2.61. The molecule has 0 spiro atoms. The van der Waals surface area contributed by atoms with Gasteiger partial charge in [0.15, 0.2) is 0 Å². The van der Waals surface area contributed by atoms with Crippen LogP contribution in [0, 0.1) is 5.92 Å². The summed E-state index contributed by atoms with van der Waals surface area (Å²) >= 11 is 0. The number of anilines is 1. The highest BCUT2D eigenvalue weighted by Crippen LogP contribution is 2.28. The molecule has 0 saturated carbocycles. The molecule has 0 aliphatic carbocycles. The molecule has 1 aromatic carbocycles. The SMILES string of the molecule is CCCCC(C)C(=O)N(c1ccccn1)C(C)c1ccccc1. The monoisotopic (exact) mass is 310 g/mol. The zero-order valence-corrected chi connectivity index (χ0v) is 14.3. The normalized spacial score (nSPS) is 13.3. The van der Waals surface area contributed by atoms with Gasteiger partial charge in [-0.2, -0.15) is 0 Å². The minimum atomic E-state index is -0.0392. The van der Waals surface area contributed by atoms with E-state index in [0.29, 0.717) is 0 Å². The van der Waals surface area contributed by atoms with Gasteiger partial charge in [0.25, 0.3) is 0 Å². The van der Waals surface area contributed by atoms with Crippen LogP contribution in [0.3, 0.4) is 0 Å². The molecule has 0 N–H and O–H groups in total. The minimum absolute atomic E-state index is 0.00289. The maximum atomic E-state index is 13.1. The Bertz CT molecular complexity index is 598. The van der Waals surface area contributed by atoms with E-state index in [4.69, 9.17) is 0 Å². The van der Waals surface area contributed by atoms with Gasteiger partial charge in [-0.1, -0.05) is 63.1 Å². The molecule has 0 fully saturated rings. The molecule has 23 heavy (non-hydrogen) atoms. The second-order valence-corrected chi connectivity index (χ2v) is 6.03. The van der Waals surface area contributed by atoms with Crippen LogP contribution in [0.4, 0.5) is 5.82 Å². The zero-order valence-electron chi connectivity index (χ0n) is 14.3. The number of benzene rings is 1. The van der Waals surface area contributed by atoms with Gasteiger partial charge in [-0.05, 0) is 31.0 Å². The molecule has 1 amide bonds. The van der Waals surface area contributed by atoms with Crippen LogP contribution in [0.2, 0.25) is 0 Å². The number of hydrogen-bond acceptors (Lipinski definition) is 2. The van der Waals surface area contributed by atoms with Crippen molar-refractivity contribution in [2.24, 2.45) is 5.92 Å². The maximum absolute atomic E-state index is 13.1. The molecule has 3 heteroatoms. The van der Waals surface area contributed by atoms with Crippen molar-refractivity contribution < 1.29 is 4.79 Å². The van der Waals surface area contributed by atoms with E-state index >= 15 is 0 Å². The summed E-state index contributed by atoms with van der Waals surface area (Å²) < 4.78 is 0. The van der Waals surface area contributed by atoms with Gasteiger partial charge in [-0.15, -0.1) is 0 Å². The Kier molecular flexibility index (Phi) is 6.33. The molecule has 122 valence electrons. The van der Waals surface area contributed by atoms with Crippen LogP contribution in [-0.4, -0.2) is 10.9 Å². The van der Waals surface area contributed by atoms with E-state index in [1.165, 1.54) is 0 Å². The summed E-state index contributed by atoms with van der Waals surface area (Å²) in [6, 6.07) is 15.8. The average molecular weight is 310 g/mol. The molecule has 2 aromatic rings. The molecule has 1 heterocycles. The van der Waals surface area contributed by atoms with Crippen molar-refractivity contribution in [1.82, 2.24) is 4.98 Å². The minimum Gasteiger partial charge on any atom is -0.289 e. The van der Waals surface area contributed by atoms with E-state index in [1.807, 2.05) is 48.2 Å². The first-order valence-corrected chi connectivity index (χ1v) is 8.44. The lowest BCUT2D eigenvalue weighted by Crippen LogP contribution is -2.38. The predicted molar refractivity (Wildman–Crippen MR) is 95.3 cm³/mol.